The van der Waals surface area contributed by atoms with Crippen molar-refractivity contribution in [3.8, 4) is 0 Å². The van der Waals surface area contributed by atoms with Crippen molar-refractivity contribution in [1.29, 1.82) is 0 Å². The summed E-state index contributed by atoms with van der Waals surface area (Å²) < 4.78 is 5.70. The molecule has 16 heavy (non-hydrogen) atoms. The van der Waals surface area contributed by atoms with Crippen LogP contribution < -0.4 is 0 Å². The Kier molecular flexibility index (Phi) is 4.51. The Morgan fingerprint density at radius 1 is 1.31 bits per heavy atom. The molecule has 0 aliphatic carbocycles. The summed E-state index contributed by atoms with van der Waals surface area (Å²) in [6, 6.07) is 7.91. The highest BCUT2D eigenvalue weighted by molar-refractivity contribution is 5.29. The summed E-state index contributed by atoms with van der Waals surface area (Å²) in [6.07, 6.45) is 0.217. The standard InChI is InChI=1S/C14H22O2/c1-5-14(4,16-6-2)13(15)12-10-8-7-9-11(12)3/h7-10,13,15H,5-6H2,1-4H3. The van der Waals surface area contributed by atoms with Crippen LogP contribution in [0.15, 0.2) is 24.3 Å². The maximum absolute atomic E-state index is 10.4. The third kappa shape index (κ3) is 2.63. The first-order valence-electron chi connectivity index (χ1n) is 5.92. The van der Waals surface area contributed by atoms with Crippen molar-refractivity contribution >= 4 is 0 Å². The zero-order chi connectivity index (χ0) is 12.2. The Morgan fingerprint density at radius 2 is 1.94 bits per heavy atom. The second-order valence-electron chi connectivity index (χ2n) is 4.36. The molecule has 0 bridgehead atoms. The molecule has 1 aromatic carbocycles. The molecule has 0 heterocycles. The number of hydrogen-bond donors (Lipinski definition) is 1. The Morgan fingerprint density at radius 3 is 2.44 bits per heavy atom. The molecule has 2 unspecified atom stereocenters. The summed E-state index contributed by atoms with van der Waals surface area (Å²) >= 11 is 0. The van der Waals surface area contributed by atoms with Crippen molar-refractivity contribution in [2.24, 2.45) is 0 Å². The Balaban J connectivity index is 2.99. The van der Waals surface area contributed by atoms with Gasteiger partial charge in [0.1, 0.15) is 6.10 Å². The number of ether oxygens (including phenoxy) is 1. The quantitative estimate of drug-likeness (QED) is 0.828. The van der Waals surface area contributed by atoms with Crippen LogP contribution in [0.3, 0.4) is 0 Å². The number of benzene rings is 1. The molecule has 0 fully saturated rings. The lowest BCUT2D eigenvalue weighted by molar-refractivity contribution is -0.113. The average molecular weight is 222 g/mol. The lowest BCUT2D eigenvalue weighted by atomic mass is 9.88. The van der Waals surface area contributed by atoms with Crippen LogP contribution >= 0.6 is 0 Å². The van der Waals surface area contributed by atoms with Gasteiger partial charge in [0, 0.05) is 6.61 Å². The molecule has 0 aliphatic rings. The van der Waals surface area contributed by atoms with Gasteiger partial charge < -0.3 is 9.84 Å². The largest absolute Gasteiger partial charge is 0.385 e. The molecule has 0 spiro atoms. The van der Waals surface area contributed by atoms with Crippen LogP contribution in [-0.2, 0) is 4.74 Å². The zero-order valence-corrected chi connectivity index (χ0v) is 10.7. The van der Waals surface area contributed by atoms with E-state index in [9.17, 15) is 5.11 Å². The molecular weight excluding hydrogens is 200 g/mol. The van der Waals surface area contributed by atoms with Gasteiger partial charge in [0.25, 0.3) is 0 Å². The molecule has 0 radical (unpaired) electrons. The van der Waals surface area contributed by atoms with Gasteiger partial charge >= 0.3 is 0 Å². The molecule has 0 amide bonds. The Hall–Kier alpha value is -0.860. The monoisotopic (exact) mass is 222 g/mol. The SMILES string of the molecule is CCOC(C)(CC)C(O)c1ccccc1C. The molecule has 2 heteroatoms. The molecule has 0 aliphatic heterocycles. The van der Waals surface area contributed by atoms with Crippen LogP contribution in [-0.4, -0.2) is 17.3 Å². The van der Waals surface area contributed by atoms with Gasteiger partial charge in [0.05, 0.1) is 5.60 Å². The van der Waals surface area contributed by atoms with Gasteiger partial charge in [-0.1, -0.05) is 31.2 Å². The normalized spacial score (nSPS) is 16.8. The first kappa shape index (κ1) is 13.2. The lowest BCUT2D eigenvalue weighted by Gasteiger charge is -2.34. The number of aliphatic hydroxyl groups is 1. The zero-order valence-electron chi connectivity index (χ0n) is 10.7. The van der Waals surface area contributed by atoms with Crippen molar-refractivity contribution in [3.05, 3.63) is 35.4 Å². The van der Waals surface area contributed by atoms with E-state index in [1.54, 1.807) is 0 Å². The van der Waals surface area contributed by atoms with Gasteiger partial charge in [0.2, 0.25) is 0 Å². The van der Waals surface area contributed by atoms with Crippen LogP contribution in [0, 0.1) is 6.92 Å². The summed E-state index contributed by atoms with van der Waals surface area (Å²) in [5.41, 5.74) is 1.57. The van der Waals surface area contributed by atoms with E-state index in [2.05, 4.69) is 0 Å². The molecule has 0 saturated heterocycles. The Labute approximate surface area is 98.3 Å². The minimum absolute atomic E-state index is 0.499. The minimum atomic E-state index is -0.571. The van der Waals surface area contributed by atoms with Crippen molar-refractivity contribution in [1.82, 2.24) is 0 Å². The second-order valence-corrected chi connectivity index (χ2v) is 4.36. The van der Waals surface area contributed by atoms with Crippen LogP contribution in [0.2, 0.25) is 0 Å². The van der Waals surface area contributed by atoms with Crippen molar-refractivity contribution in [3.63, 3.8) is 0 Å². The van der Waals surface area contributed by atoms with Crippen molar-refractivity contribution < 1.29 is 9.84 Å². The first-order chi connectivity index (χ1) is 7.55. The van der Waals surface area contributed by atoms with Gasteiger partial charge in [0.15, 0.2) is 0 Å². The highest BCUT2D eigenvalue weighted by Gasteiger charge is 2.33. The smallest absolute Gasteiger partial charge is 0.108 e. The molecule has 1 rings (SSSR count). The molecule has 1 N–H and O–H groups in total. The number of hydrogen-bond acceptors (Lipinski definition) is 2. The Bertz CT molecular complexity index is 335. The molecule has 2 atom stereocenters. The number of rotatable bonds is 5. The molecular formula is C14H22O2. The molecule has 1 aromatic rings. The summed E-state index contributed by atoms with van der Waals surface area (Å²) in [4.78, 5) is 0. The summed E-state index contributed by atoms with van der Waals surface area (Å²) in [5, 5.41) is 10.4. The van der Waals surface area contributed by atoms with Crippen LogP contribution in [0.5, 0.6) is 0 Å². The third-order valence-electron chi connectivity index (χ3n) is 3.24. The van der Waals surface area contributed by atoms with Gasteiger partial charge in [-0.05, 0) is 38.3 Å². The van der Waals surface area contributed by atoms with Gasteiger partial charge in [-0.25, -0.2) is 0 Å². The molecule has 90 valence electrons. The fourth-order valence-corrected chi connectivity index (χ4v) is 1.93. The fourth-order valence-electron chi connectivity index (χ4n) is 1.93. The third-order valence-corrected chi connectivity index (χ3v) is 3.24. The number of aliphatic hydroxyl groups excluding tert-OH is 1. The van der Waals surface area contributed by atoms with E-state index in [0.717, 1.165) is 17.5 Å². The van der Waals surface area contributed by atoms with E-state index in [1.807, 2.05) is 52.0 Å². The van der Waals surface area contributed by atoms with Crippen molar-refractivity contribution in [2.45, 2.75) is 45.8 Å². The summed E-state index contributed by atoms with van der Waals surface area (Å²) in [6.45, 7) is 8.59. The molecule has 0 aromatic heterocycles. The highest BCUT2D eigenvalue weighted by Crippen LogP contribution is 2.33. The fraction of sp³-hybridized carbons (Fsp3) is 0.571. The maximum atomic E-state index is 10.4. The lowest BCUT2D eigenvalue weighted by Crippen LogP contribution is -2.36. The summed E-state index contributed by atoms with van der Waals surface area (Å²) in [5.74, 6) is 0. The second kappa shape index (κ2) is 5.46. The van der Waals surface area contributed by atoms with Gasteiger partial charge in [-0.2, -0.15) is 0 Å². The van der Waals surface area contributed by atoms with E-state index < -0.39 is 11.7 Å². The minimum Gasteiger partial charge on any atom is -0.385 e. The van der Waals surface area contributed by atoms with Gasteiger partial charge in [-0.15, -0.1) is 0 Å². The van der Waals surface area contributed by atoms with E-state index in [1.165, 1.54) is 0 Å². The van der Waals surface area contributed by atoms with Gasteiger partial charge in [-0.3, -0.25) is 0 Å². The molecule has 0 saturated carbocycles. The topological polar surface area (TPSA) is 29.5 Å². The van der Waals surface area contributed by atoms with E-state index in [-0.39, 0.29) is 0 Å². The van der Waals surface area contributed by atoms with Crippen molar-refractivity contribution in [2.75, 3.05) is 6.61 Å². The van der Waals surface area contributed by atoms with E-state index >= 15 is 0 Å². The maximum Gasteiger partial charge on any atom is 0.108 e. The summed E-state index contributed by atoms with van der Waals surface area (Å²) in [7, 11) is 0. The van der Waals surface area contributed by atoms with Crippen LogP contribution in [0.25, 0.3) is 0 Å². The first-order valence-corrected chi connectivity index (χ1v) is 5.92. The van der Waals surface area contributed by atoms with Crippen LogP contribution in [0.1, 0.15) is 44.4 Å². The number of aryl methyl sites for hydroxylation is 1. The van der Waals surface area contributed by atoms with E-state index in [0.29, 0.717) is 6.61 Å². The molecule has 2 nitrogen and oxygen atoms in total. The van der Waals surface area contributed by atoms with E-state index in [4.69, 9.17) is 4.74 Å². The predicted octanol–water partition coefficient (Wildman–Crippen LogP) is 3.23. The van der Waals surface area contributed by atoms with Crippen LogP contribution in [0.4, 0.5) is 0 Å². The highest BCUT2D eigenvalue weighted by atomic mass is 16.5. The average Bonchev–Trinajstić information content (AvgIpc) is 2.29. The predicted molar refractivity (Wildman–Crippen MR) is 66.5 cm³/mol.